The van der Waals surface area contributed by atoms with Gasteiger partial charge in [0.25, 0.3) is 0 Å². The molecule has 1 aliphatic heterocycles. The topological polar surface area (TPSA) is 62.3 Å². The second-order valence-corrected chi connectivity index (χ2v) is 9.36. The number of benzene rings is 1. The zero-order chi connectivity index (χ0) is 16.7. The number of nitrogens with zero attached hydrogens (tertiary/aromatic N) is 2. The SMILES string of the molecule is CS(=O)(=O)N1CCc2cc(-c3csc(NC4CCCC4)n3)ccc21.Cl. The molecule has 1 N–H and O–H groups in total. The highest BCUT2D eigenvalue weighted by atomic mass is 35.5. The molecule has 0 spiro atoms. The van der Waals surface area contributed by atoms with Gasteiger partial charge in [-0.25, -0.2) is 13.4 Å². The summed E-state index contributed by atoms with van der Waals surface area (Å²) in [6.45, 7) is 0.531. The molecular formula is C17H22ClN3O2S2. The minimum absolute atomic E-state index is 0. The highest BCUT2D eigenvalue weighted by Gasteiger charge is 2.26. The van der Waals surface area contributed by atoms with Crippen LogP contribution in [0.1, 0.15) is 31.2 Å². The van der Waals surface area contributed by atoms with E-state index in [-0.39, 0.29) is 12.4 Å². The normalized spacial score (nSPS) is 17.4. The van der Waals surface area contributed by atoms with Gasteiger partial charge in [0.2, 0.25) is 10.0 Å². The Balaban J connectivity index is 0.00000182. The fourth-order valence-electron chi connectivity index (χ4n) is 3.59. The molecule has 0 atom stereocenters. The van der Waals surface area contributed by atoms with Crippen LogP contribution in [0, 0.1) is 0 Å². The van der Waals surface area contributed by atoms with Gasteiger partial charge in [0.1, 0.15) is 0 Å². The summed E-state index contributed by atoms with van der Waals surface area (Å²) < 4.78 is 25.1. The van der Waals surface area contributed by atoms with Gasteiger partial charge >= 0.3 is 0 Å². The van der Waals surface area contributed by atoms with Crippen LogP contribution in [-0.4, -0.2) is 32.2 Å². The Kier molecular flexibility index (Phi) is 5.27. The summed E-state index contributed by atoms with van der Waals surface area (Å²) in [6.07, 6.45) is 7.09. The third-order valence-corrected chi connectivity index (χ3v) is 6.77. The van der Waals surface area contributed by atoms with E-state index >= 15 is 0 Å². The van der Waals surface area contributed by atoms with Crippen molar-refractivity contribution >= 4 is 44.6 Å². The van der Waals surface area contributed by atoms with Crippen LogP contribution in [0.25, 0.3) is 11.3 Å². The van der Waals surface area contributed by atoms with Gasteiger partial charge in [0.15, 0.2) is 5.13 Å². The van der Waals surface area contributed by atoms with E-state index in [1.54, 1.807) is 11.3 Å². The highest BCUT2D eigenvalue weighted by Crippen LogP contribution is 2.35. The van der Waals surface area contributed by atoms with Crippen LogP contribution in [0.3, 0.4) is 0 Å². The number of sulfonamides is 1. The number of hydrogen-bond acceptors (Lipinski definition) is 5. The minimum Gasteiger partial charge on any atom is -0.359 e. The van der Waals surface area contributed by atoms with Crippen molar-refractivity contribution in [1.29, 1.82) is 0 Å². The third kappa shape index (κ3) is 3.78. The molecule has 8 heteroatoms. The monoisotopic (exact) mass is 399 g/mol. The van der Waals surface area contributed by atoms with E-state index in [0.29, 0.717) is 12.6 Å². The molecular weight excluding hydrogens is 378 g/mol. The maximum Gasteiger partial charge on any atom is 0.232 e. The van der Waals surface area contributed by atoms with Gasteiger partial charge in [-0.2, -0.15) is 0 Å². The van der Waals surface area contributed by atoms with Crippen molar-refractivity contribution in [2.75, 3.05) is 22.4 Å². The maximum atomic E-state index is 11.8. The molecule has 2 aliphatic rings. The van der Waals surface area contributed by atoms with E-state index in [0.717, 1.165) is 34.1 Å². The van der Waals surface area contributed by atoms with Gasteiger partial charge in [-0.15, -0.1) is 23.7 Å². The van der Waals surface area contributed by atoms with Crippen molar-refractivity contribution in [1.82, 2.24) is 4.98 Å². The molecule has 0 unspecified atom stereocenters. The average molecular weight is 400 g/mol. The van der Waals surface area contributed by atoms with Crippen molar-refractivity contribution in [3.8, 4) is 11.3 Å². The summed E-state index contributed by atoms with van der Waals surface area (Å²) in [7, 11) is -3.19. The molecule has 25 heavy (non-hydrogen) atoms. The molecule has 2 heterocycles. The first-order valence-corrected chi connectivity index (χ1v) is 11.1. The van der Waals surface area contributed by atoms with Crippen LogP contribution in [-0.2, 0) is 16.4 Å². The molecule has 0 radical (unpaired) electrons. The van der Waals surface area contributed by atoms with Gasteiger partial charge < -0.3 is 5.32 Å². The molecule has 2 aromatic rings. The van der Waals surface area contributed by atoms with E-state index in [4.69, 9.17) is 4.98 Å². The lowest BCUT2D eigenvalue weighted by Gasteiger charge is -2.16. The number of hydrogen-bond donors (Lipinski definition) is 1. The Labute approximate surface area is 158 Å². The van der Waals surface area contributed by atoms with Crippen molar-refractivity contribution in [2.45, 2.75) is 38.1 Å². The third-order valence-electron chi connectivity index (χ3n) is 4.82. The Bertz CT molecular complexity index is 861. The second kappa shape index (κ2) is 7.13. The molecule has 1 saturated carbocycles. The molecule has 0 bridgehead atoms. The standard InChI is InChI=1S/C17H21N3O2S2.ClH/c1-24(21,22)20-9-8-13-10-12(6-7-16(13)20)15-11-23-17(19-15)18-14-4-2-3-5-14;/h6-7,10-11,14H,2-5,8-9H2,1H3,(H,18,19);1H. The molecule has 5 nitrogen and oxygen atoms in total. The summed E-state index contributed by atoms with van der Waals surface area (Å²) in [5, 5.41) is 6.58. The average Bonchev–Trinajstić information content (AvgIpc) is 3.26. The van der Waals surface area contributed by atoms with Crippen LogP contribution in [0.5, 0.6) is 0 Å². The first kappa shape index (κ1) is 18.5. The van der Waals surface area contributed by atoms with E-state index in [1.165, 1.54) is 36.2 Å². The Morgan fingerprint density at radius 1 is 1.28 bits per heavy atom. The smallest absolute Gasteiger partial charge is 0.232 e. The minimum atomic E-state index is -3.19. The number of fused-ring (bicyclic) bond motifs is 1. The fraction of sp³-hybridized carbons (Fsp3) is 0.471. The predicted molar refractivity (Wildman–Crippen MR) is 107 cm³/mol. The molecule has 1 fully saturated rings. The quantitative estimate of drug-likeness (QED) is 0.846. The number of halogens is 1. The maximum absolute atomic E-state index is 11.8. The van der Waals surface area contributed by atoms with Crippen LogP contribution in [0.15, 0.2) is 23.6 Å². The predicted octanol–water partition coefficient (Wildman–Crippen LogP) is 3.91. The van der Waals surface area contributed by atoms with Gasteiger partial charge in [0.05, 0.1) is 17.6 Å². The Morgan fingerprint density at radius 2 is 2.04 bits per heavy atom. The van der Waals surface area contributed by atoms with Crippen molar-refractivity contribution in [3.05, 3.63) is 29.1 Å². The highest BCUT2D eigenvalue weighted by molar-refractivity contribution is 7.92. The van der Waals surface area contributed by atoms with E-state index < -0.39 is 10.0 Å². The lowest BCUT2D eigenvalue weighted by molar-refractivity contribution is 0.598. The number of anilines is 2. The molecule has 0 amide bonds. The summed E-state index contributed by atoms with van der Waals surface area (Å²) in [4.78, 5) is 4.71. The van der Waals surface area contributed by atoms with Crippen molar-refractivity contribution in [3.63, 3.8) is 0 Å². The van der Waals surface area contributed by atoms with E-state index in [2.05, 4.69) is 16.8 Å². The Morgan fingerprint density at radius 3 is 2.76 bits per heavy atom. The number of thiazole rings is 1. The first-order chi connectivity index (χ1) is 11.5. The Hall–Kier alpha value is -1.31. The van der Waals surface area contributed by atoms with Gasteiger partial charge in [-0.1, -0.05) is 18.9 Å². The van der Waals surface area contributed by atoms with Gasteiger partial charge in [-0.3, -0.25) is 4.31 Å². The number of rotatable bonds is 4. The second-order valence-electron chi connectivity index (χ2n) is 6.59. The summed E-state index contributed by atoms with van der Waals surface area (Å²) >= 11 is 1.64. The number of nitrogens with one attached hydrogen (secondary N) is 1. The summed E-state index contributed by atoms with van der Waals surface area (Å²) in [5.41, 5.74) is 3.90. The lowest BCUT2D eigenvalue weighted by Crippen LogP contribution is -2.27. The fourth-order valence-corrected chi connectivity index (χ4v) is 5.35. The zero-order valence-corrected chi connectivity index (χ0v) is 16.5. The van der Waals surface area contributed by atoms with Crippen LogP contribution in [0.4, 0.5) is 10.8 Å². The molecule has 0 saturated heterocycles. The molecule has 1 aromatic carbocycles. The van der Waals surface area contributed by atoms with Crippen molar-refractivity contribution in [2.24, 2.45) is 0 Å². The number of aromatic nitrogens is 1. The summed E-state index contributed by atoms with van der Waals surface area (Å²) in [5.74, 6) is 0. The lowest BCUT2D eigenvalue weighted by atomic mass is 10.1. The van der Waals surface area contributed by atoms with Crippen LogP contribution >= 0.6 is 23.7 Å². The molecule has 1 aliphatic carbocycles. The summed E-state index contributed by atoms with van der Waals surface area (Å²) in [6, 6.07) is 6.51. The molecule has 4 rings (SSSR count). The zero-order valence-electron chi connectivity index (χ0n) is 14.1. The van der Waals surface area contributed by atoms with Crippen LogP contribution < -0.4 is 9.62 Å². The molecule has 1 aromatic heterocycles. The van der Waals surface area contributed by atoms with Gasteiger partial charge in [0, 0.05) is 23.5 Å². The van der Waals surface area contributed by atoms with E-state index in [9.17, 15) is 8.42 Å². The first-order valence-electron chi connectivity index (χ1n) is 8.34. The van der Waals surface area contributed by atoms with Gasteiger partial charge in [-0.05, 0) is 37.0 Å². The largest absolute Gasteiger partial charge is 0.359 e. The molecule has 136 valence electrons. The van der Waals surface area contributed by atoms with E-state index in [1.807, 2.05) is 12.1 Å². The van der Waals surface area contributed by atoms with Crippen molar-refractivity contribution < 1.29 is 8.42 Å². The van der Waals surface area contributed by atoms with Crippen LogP contribution in [0.2, 0.25) is 0 Å².